The molecular weight excluding hydrogens is 260 g/mol. The lowest BCUT2D eigenvalue weighted by Gasteiger charge is -2.29. The van der Waals surface area contributed by atoms with Crippen molar-refractivity contribution in [2.75, 3.05) is 18.9 Å². The number of nitrogens with zero attached hydrogens (tertiary/aromatic N) is 3. The van der Waals surface area contributed by atoms with Gasteiger partial charge in [0, 0.05) is 30.9 Å². The zero-order valence-corrected chi connectivity index (χ0v) is 11.8. The normalized spacial score (nSPS) is 20.0. The van der Waals surface area contributed by atoms with E-state index in [2.05, 4.69) is 28.3 Å². The van der Waals surface area contributed by atoms with Crippen molar-refractivity contribution in [2.45, 2.75) is 25.8 Å². The lowest BCUT2D eigenvalue weighted by atomic mass is 10.0. The fourth-order valence-corrected chi connectivity index (χ4v) is 3.20. The van der Waals surface area contributed by atoms with Crippen molar-refractivity contribution in [1.82, 2.24) is 14.9 Å². The SMILES string of the molecule is Cc1cc2c(NC3CCN(C)C(=O)C3)ncnc2s1. The number of fused-ring (bicyclic) bond motifs is 1. The van der Waals surface area contributed by atoms with Crippen LogP contribution in [0, 0.1) is 6.92 Å². The first kappa shape index (κ1) is 12.3. The molecule has 0 aliphatic carbocycles. The zero-order chi connectivity index (χ0) is 13.4. The summed E-state index contributed by atoms with van der Waals surface area (Å²) in [5, 5.41) is 4.45. The summed E-state index contributed by atoms with van der Waals surface area (Å²) in [6.45, 7) is 2.86. The Morgan fingerprint density at radius 1 is 1.47 bits per heavy atom. The van der Waals surface area contributed by atoms with E-state index in [-0.39, 0.29) is 11.9 Å². The Kier molecular flexibility index (Phi) is 3.10. The van der Waals surface area contributed by atoms with Gasteiger partial charge in [-0.3, -0.25) is 4.79 Å². The highest BCUT2D eigenvalue weighted by Crippen LogP contribution is 2.28. The standard InChI is InChI=1S/C13H16N4OS/c1-8-5-10-12(14-7-15-13(10)19-8)16-9-3-4-17(2)11(18)6-9/h5,7,9H,3-4,6H2,1-2H3,(H,14,15,16). The number of hydrogen-bond donors (Lipinski definition) is 1. The smallest absolute Gasteiger partial charge is 0.224 e. The number of carbonyl (C=O) groups excluding carboxylic acids is 1. The highest BCUT2D eigenvalue weighted by molar-refractivity contribution is 7.18. The van der Waals surface area contributed by atoms with E-state index in [4.69, 9.17) is 0 Å². The van der Waals surface area contributed by atoms with Crippen LogP contribution in [0.1, 0.15) is 17.7 Å². The fraction of sp³-hybridized carbons (Fsp3) is 0.462. The van der Waals surface area contributed by atoms with Crippen molar-refractivity contribution in [1.29, 1.82) is 0 Å². The van der Waals surface area contributed by atoms with Crippen molar-refractivity contribution in [2.24, 2.45) is 0 Å². The van der Waals surface area contributed by atoms with E-state index in [0.717, 1.165) is 29.0 Å². The van der Waals surface area contributed by atoms with Crippen molar-refractivity contribution >= 4 is 33.3 Å². The summed E-state index contributed by atoms with van der Waals surface area (Å²) < 4.78 is 0. The van der Waals surface area contributed by atoms with Crippen LogP contribution in [0.4, 0.5) is 5.82 Å². The van der Waals surface area contributed by atoms with E-state index in [9.17, 15) is 4.79 Å². The molecule has 19 heavy (non-hydrogen) atoms. The molecule has 1 atom stereocenters. The summed E-state index contributed by atoms with van der Waals surface area (Å²) in [6.07, 6.45) is 3.07. The number of amides is 1. The molecule has 6 heteroatoms. The Bertz CT molecular complexity index is 624. The molecule has 1 aliphatic heterocycles. The minimum absolute atomic E-state index is 0.169. The molecule has 1 saturated heterocycles. The van der Waals surface area contributed by atoms with Crippen LogP contribution >= 0.6 is 11.3 Å². The van der Waals surface area contributed by atoms with Crippen LogP contribution in [-0.2, 0) is 4.79 Å². The topological polar surface area (TPSA) is 58.1 Å². The first-order valence-corrected chi connectivity index (χ1v) is 7.17. The maximum absolute atomic E-state index is 11.7. The maximum atomic E-state index is 11.7. The zero-order valence-electron chi connectivity index (χ0n) is 11.0. The van der Waals surface area contributed by atoms with Crippen LogP contribution in [0.2, 0.25) is 0 Å². The van der Waals surface area contributed by atoms with Crippen LogP contribution in [0.3, 0.4) is 0 Å². The van der Waals surface area contributed by atoms with Gasteiger partial charge in [0.25, 0.3) is 0 Å². The number of aryl methyl sites for hydroxylation is 1. The first-order chi connectivity index (χ1) is 9.13. The highest BCUT2D eigenvalue weighted by Gasteiger charge is 2.23. The van der Waals surface area contributed by atoms with Crippen LogP contribution in [0.25, 0.3) is 10.2 Å². The Balaban J connectivity index is 1.83. The number of anilines is 1. The van der Waals surface area contributed by atoms with Gasteiger partial charge in [-0.2, -0.15) is 0 Å². The van der Waals surface area contributed by atoms with Crippen LogP contribution < -0.4 is 5.32 Å². The summed E-state index contributed by atoms with van der Waals surface area (Å²) in [5.41, 5.74) is 0. The van der Waals surface area contributed by atoms with E-state index in [1.807, 2.05) is 7.05 Å². The van der Waals surface area contributed by atoms with Gasteiger partial charge in [0.2, 0.25) is 5.91 Å². The molecule has 0 bridgehead atoms. The van der Waals surface area contributed by atoms with Gasteiger partial charge in [-0.25, -0.2) is 9.97 Å². The molecule has 1 fully saturated rings. The molecule has 0 aromatic carbocycles. The fourth-order valence-electron chi connectivity index (χ4n) is 2.35. The number of aromatic nitrogens is 2. The molecule has 0 saturated carbocycles. The molecule has 5 nitrogen and oxygen atoms in total. The maximum Gasteiger partial charge on any atom is 0.224 e. The number of nitrogens with one attached hydrogen (secondary N) is 1. The van der Waals surface area contributed by atoms with Gasteiger partial charge in [0.15, 0.2) is 0 Å². The number of rotatable bonds is 2. The van der Waals surface area contributed by atoms with Crippen molar-refractivity contribution < 1.29 is 4.79 Å². The molecule has 0 spiro atoms. The molecule has 0 radical (unpaired) electrons. The van der Waals surface area contributed by atoms with Gasteiger partial charge >= 0.3 is 0 Å². The third kappa shape index (κ3) is 2.40. The number of piperidine rings is 1. The van der Waals surface area contributed by atoms with Crippen molar-refractivity contribution in [3.63, 3.8) is 0 Å². The van der Waals surface area contributed by atoms with Gasteiger partial charge in [-0.05, 0) is 19.4 Å². The molecule has 3 heterocycles. The summed E-state index contributed by atoms with van der Waals surface area (Å²) in [5.74, 6) is 1.03. The van der Waals surface area contributed by atoms with E-state index >= 15 is 0 Å². The van der Waals surface area contributed by atoms with Gasteiger partial charge in [0.05, 0.1) is 5.39 Å². The molecule has 3 rings (SSSR count). The number of likely N-dealkylation sites (tertiary alicyclic amines) is 1. The lowest BCUT2D eigenvalue weighted by molar-refractivity contribution is -0.132. The van der Waals surface area contributed by atoms with Gasteiger partial charge in [-0.15, -0.1) is 11.3 Å². The summed E-state index contributed by atoms with van der Waals surface area (Å²) in [6, 6.07) is 2.26. The average Bonchev–Trinajstić information content (AvgIpc) is 2.75. The highest BCUT2D eigenvalue weighted by atomic mass is 32.1. The monoisotopic (exact) mass is 276 g/mol. The molecule has 1 aliphatic rings. The number of carbonyl (C=O) groups is 1. The van der Waals surface area contributed by atoms with Crippen molar-refractivity contribution in [3.8, 4) is 0 Å². The van der Waals surface area contributed by atoms with Crippen LogP contribution in [0.15, 0.2) is 12.4 Å². The van der Waals surface area contributed by atoms with Crippen LogP contribution in [0.5, 0.6) is 0 Å². The Morgan fingerprint density at radius 3 is 3.11 bits per heavy atom. The largest absolute Gasteiger partial charge is 0.366 e. The molecule has 1 unspecified atom stereocenters. The van der Waals surface area contributed by atoms with Gasteiger partial charge < -0.3 is 10.2 Å². The van der Waals surface area contributed by atoms with Crippen molar-refractivity contribution in [3.05, 3.63) is 17.3 Å². The Morgan fingerprint density at radius 2 is 2.32 bits per heavy atom. The van der Waals surface area contributed by atoms with E-state index in [0.29, 0.717) is 6.42 Å². The molecule has 100 valence electrons. The van der Waals surface area contributed by atoms with Crippen LogP contribution in [-0.4, -0.2) is 40.4 Å². The lowest BCUT2D eigenvalue weighted by Crippen LogP contribution is -2.41. The third-order valence-electron chi connectivity index (χ3n) is 3.45. The molecule has 1 amide bonds. The van der Waals surface area contributed by atoms with Gasteiger partial charge in [0.1, 0.15) is 17.0 Å². The first-order valence-electron chi connectivity index (χ1n) is 6.35. The molecular formula is C13H16N4OS. The minimum atomic E-state index is 0.169. The molecule has 2 aromatic rings. The Labute approximate surface area is 115 Å². The number of thiophene rings is 1. The van der Waals surface area contributed by atoms with Gasteiger partial charge in [-0.1, -0.05) is 0 Å². The summed E-state index contributed by atoms with van der Waals surface area (Å²) in [4.78, 5) is 24.3. The van der Waals surface area contributed by atoms with E-state index in [1.54, 1.807) is 22.6 Å². The third-order valence-corrected chi connectivity index (χ3v) is 4.41. The van der Waals surface area contributed by atoms with E-state index in [1.165, 1.54) is 4.88 Å². The average molecular weight is 276 g/mol. The quantitative estimate of drug-likeness (QED) is 0.912. The number of hydrogen-bond acceptors (Lipinski definition) is 5. The second-order valence-electron chi connectivity index (χ2n) is 4.95. The molecule has 1 N–H and O–H groups in total. The predicted molar refractivity (Wildman–Crippen MR) is 76.4 cm³/mol. The molecule has 2 aromatic heterocycles. The predicted octanol–water partition coefficient (Wildman–Crippen LogP) is 2.03. The second kappa shape index (κ2) is 4.77. The summed E-state index contributed by atoms with van der Waals surface area (Å²) in [7, 11) is 1.85. The summed E-state index contributed by atoms with van der Waals surface area (Å²) >= 11 is 1.66. The van der Waals surface area contributed by atoms with E-state index < -0.39 is 0 Å². The minimum Gasteiger partial charge on any atom is -0.366 e. The second-order valence-corrected chi connectivity index (χ2v) is 6.18. The Hall–Kier alpha value is -1.69.